The van der Waals surface area contributed by atoms with E-state index in [1.54, 1.807) is 13.0 Å². The third-order valence-electron chi connectivity index (χ3n) is 1.66. The van der Waals surface area contributed by atoms with E-state index in [4.69, 9.17) is 0 Å². The Kier molecular flexibility index (Phi) is 3.60. The molecule has 0 fully saturated rings. The number of carbonyl (C=O) groups is 1. The third-order valence-corrected chi connectivity index (χ3v) is 1.66. The van der Waals surface area contributed by atoms with E-state index in [1.165, 1.54) is 7.11 Å². The van der Waals surface area contributed by atoms with Gasteiger partial charge in [0, 0.05) is 17.8 Å². The lowest BCUT2D eigenvalue weighted by Gasteiger charge is -2.10. The molecule has 1 aromatic heterocycles. The van der Waals surface area contributed by atoms with E-state index in [0.717, 1.165) is 5.69 Å². The Morgan fingerprint density at radius 3 is 2.67 bits per heavy atom. The van der Waals surface area contributed by atoms with Crippen LogP contribution < -0.4 is 5.32 Å². The molecule has 0 amide bonds. The van der Waals surface area contributed by atoms with E-state index in [0.29, 0.717) is 5.82 Å². The molecule has 0 aliphatic carbocycles. The number of anilines is 1. The normalized spacial score (nSPS) is 10.2. The first kappa shape index (κ1) is 11.4. The number of esters is 1. The maximum Gasteiger partial charge on any atom is 0.376 e. The van der Waals surface area contributed by atoms with Crippen molar-refractivity contribution >= 4 is 11.8 Å². The van der Waals surface area contributed by atoms with Crippen LogP contribution in [0.2, 0.25) is 0 Å². The van der Waals surface area contributed by atoms with Crippen LogP contribution in [0.5, 0.6) is 0 Å². The highest BCUT2D eigenvalue weighted by Crippen LogP contribution is 2.08. The van der Waals surface area contributed by atoms with Crippen molar-refractivity contribution in [1.29, 1.82) is 0 Å². The van der Waals surface area contributed by atoms with Crippen molar-refractivity contribution in [2.24, 2.45) is 0 Å². The van der Waals surface area contributed by atoms with E-state index in [1.807, 2.05) is 13.8 Å². The Morgan fingerprint density at radius 1 is 1.47 bits per heavy atom. The molecule has 0 saturated heterocycles. The highest BCUT2D eigenvalue weighted by molar-refractivity contribution is 5.85. The van der Waals surface area contributed by atoms with Gasteiger partial charge in [0.05, 0.1) is 7.11 Å². The summed E-state index contributed by atoms with van der Waals surface area (Å²) in [5, 5.41) is 3.11. The van der Waals surface area contributed by atoms with Gasteiger partial charge in [-0.15, -0.1) is 0 Å². The van der Waals surface area contributed by atoms with Gasteiger partial charge in [0.2, 0.25) is 5.82 Å². The van der Waals surface area contributed by atoms with Crippen LogP contribution in [0.4, 0.5) is 5.82 Å². The molecule has 1 heterocycles. The predicted octanol–water partition coefficient (Wildman–Crippen LogP) is 1.39. The molecule has 5 nitrogen and oxygen atoms in total. The number of methoxy groups -OCH3 is 1. The number of aryl methyl sites for hydroxylation is 1. The van der Waals surface area contributed by atoms with E-state index in [-0.39, 0.29) is 11.9 Å². The Balaban J connectivity index is 2.99. The van der Waals surface area contributed by atoms with Gasteiger partial charge in [-0.2, -0.15) is 0 Å². The van der Waals surface area contributed by atoms with Crippen molar-refractivity contribution < 1.29 is 9.53 Å². The Bertz CT molecular complexity index is 364. The maximum atomic E-state index is 11.2. The second-order valence-corrected chi connectivity index (χ2v) is 3.51. The minimum Gasteiger partial charge on any atom is -0.463 e. The molecular weight excluding hydrogens is 194 g/mol. The molecule has 0 radical (unpaired) electrons. The van der Waals surface area contributed by atoms with Gasteiger partial charge in [0.25, 0.3) is 0 Å². The topological polar surface area (TPSA) is 64.1 Å². The Hall–Kier alpha value is -1.65. The number of carbonyl (C=O) groups excluding carboxylic acids is 1. The number of nitrogens with zero attached hydrogens (tertiary/aromatic N) is 2. The van der Waals surface area contributed by atoms with Crippen LogP contribution in [-0.4, -0.2) is 29.1 Å². The van der Waals surface area contributed by atoms with Crippen LogP contribution in [0.1, 0.15) is 30.2 Å². The summed E-state index contributed by atoms with van der Waals surface area (Å²) in [5.41, 5.74) is 0.730. The highest BCUT2D eigenvalue weighted by Gasteiger charge is 2.11. The predicted molar refractivity (Wildman–Crippen MR) is 56.9 cm³/mol. The molecule has 5 heteroatoms. The van der Waals surface area contributed by atoms with E-state index < -0.39 is 5.97 Å². The molecule has 0 atom stereocenters. The van der Waals surface area contributed by atoms with Gasteiger partial charge in [-0.3, -0.25) is 0 Å². The summed E-state index contributed by atoms with van der Waals surface area (Å²) in [6.07, 6.45) is 0. The van der Waals surface area contributed by atoms with Crippen LogP contribution in [0.25, 0.3) is 0 Å². The second-order valence-electron chi connectivity index (χ2n) is 3.51. The molecular formula is C10H15N3O2. The van der Waals surface area contributed by atoms with Gasteiger partial charge in [-0.05, 0) is 20.8 Å². The van der Waals surface area contributed by atoms with Crippen molar-refractivity contribution in [1.82, 2.24) is 9.97 Å². The lowest BCUT2D eigenvalue weighted by molar-refractivity contribution is 0.0586. The minimum atomic E-state index is -0.523. The van der Waals surface area contributed by atoms with Crippen molar-refractivity contribution in [3.8, 4) is 0 Å². The van der Waals surface area contributed by atoms with Gasteiger partial charge in [-0.25, -0.2) is 14.8 Å². The molecule has 0 unspecified atom stereocenters. The molecule has 1 aromatic rings. The number of hydrogen-bond donors (Lipinski definition) is 1. The number of aromatic nitrogens is 2. The lowest BCUT2D eigenvalue weighted by Crippen LogP contribution is -2.15. The van der Waals surface area contributed by atoms with Gasteiger partial charge < -0.3 is 10.1 Å². The van der Waals surface area contributed by atoms with E-state index >= 15 is 0 Å². The molecule has 15 heavy (non-hydrogen) atoms. The molecule has 1 rings (SSSR count). The average Bonchev–Trinajstić information content (AvgIpc) is 2.14. The van der Waals surface area contributed by atoms with Crippen LogP contribution in [0, 0.1) is 6.92 Å². The number of hydrogen-bond acceptors (Lipinski definition) is 5. The van der Waals surface area contributed by atoms with Crippen LogP contribution >= 0.6 is 0 Å². The summed E-state index contributed by atoms with van der Waals surface area (Å²) in [6, 6.07) is 2.04. The second kappa shape index (κ2) is 4.72. The summed E-state index contributed by atoms with van der Waals surface area (Å²) in [4.78, 5) is 19.3. The van der Waals surface area contributed by atoms with Gasteiger partial charge in [-0.1, -0.05) is 0 Å². The Labute approximate surface area is 88.9 Å². The van der Waals surface area contributed by atoms with Crippen LogP contribution in [0.3, 0.4) is 0 Å². The largest absolute Gasteiger partial charge is 0.463 e. The first-order valence-electron chi connectivity index (χ1n) is 4.73. The van der Waals surface area contributed by atoms with Gasteiger partial charge >= 0.3 is 5.97 Å². The fraction of sp³-hybridized carbons (Fsp3) is 0.500. The Morgan fingerprint density at radius 2 is 2.13 bits per heavy atom. The van der Waals surface area contributed by atoms with Crippen molar-refractivity contribution in [3.63, 3.8) is 0 Å². The van der Waals surface area contributed by atoms with Gasteiger partial charge in [0.1, 0.15) is 5.82 Å². The smallest absolute Gasteiger partial charge is 0.376 e. The summed E-state index contributed by atoms with van der Waals surface area (Å²) in [5.74, 6) is 0.198. The first-order chi connectivity index (χ1) is 7.02. The molecule has 0 saturated carbocycles. The van der Waals surface area contributed by atoms with Crippen molar-refractivity contribution in [2.45, 2.75) is 26.8 Å². The van der Waals surface area contributed by atoms with Gasteiger partial charge in [0.15, 0.2) is 0 Å². The fourth-order valence-electron chi connectivity index (χ4n) is 1.12. The van der Waals surface area contributed by atoms with Crippen molar-refractivity contribution in [2.75, 3.05) is 12.4 Å². The van der Waals surface area contributed by atoms with Crippen molar-refractivity contribution in [3.05, 3.63) is 17.6 Å². The summed E-state index contributed by atoms with van der Waals surface area (Å²) < 4.78 is 4.56. The zero-order valence-electron chi connectivity index (χ0n) is 9.37. The zero-order valence-corrected chi connectivity index (χ0v) is 9.37. The zero-order chi connectivity index (χ0) is 11.4. The third kappa shape index (κ3) is 3.19. The molecule has 1 N–H and O–H groups in total. The van der Waals surface area contributed by atoms with Crippen LogP contribution in [0.15, 0.2) is 6.07 Å². The number of rotatable bonds is 3. The minimum absolute atomic E-state index is 0.0839. The SMILES string of the molecule is COC(=O)c1nc(C)cc(NC(C)C)n1. The lowest BCUT2D eigenvalue weighted by atomic mass is 10.3. The quantitative estimate of drug-likeness (QED) is 0.762. The molecule has 82 valence electrons. The summed E-state index contributed by atoms with van der Waals surface area (Å²) in [6.45, 7) is 5.80. The molecule has 0 aromatic carbocycles. The monoisotopic (exact) mass is 209 g/mol. The van der Waals surface area contributed by atoms with Crippen LogP contribution in [-0.2, 0) is 4.74 Å². The standard InChI is InChI=1S/C10H15N3O2/c1-6(2)11-8-5-7(3)12-9(13-8)10(14)15-4/h5-6H,1-4H3,(H,11,12,13). The fourth-order valence-corrected chi connectivity index (χ4v) is 1.12. The summed E-state index contributed by atoms with van der Waals surface area (Å²) in [7, 11) is 1.31. The van der Waals surface area contributed by atoms with E-state index in [2.05, 4.69) is 20.0 Å². The molecule has 0 aliphatic heterocycles. The first-order valence-corrected chi connectivity index (χ1v) is 4.73. The summed E-state index contributed by atoms with van der Waals surface area (Å²) >= 11 is 0. The number of nitrogens with one attached hydrogen (secondary N) is 1. The van der Waals surface area contributed by atoms with E-state index in [9.17, 15) is 4.79 Å². The average molecular weight is 209 g/mol. The molecule has 0 aliphatic rings. The highest BCUT2D eigenvalue weighted by atomic mass is 16.5. The molecule has 0 bridgehead atoms. The maximum absolute atomic E-state index is 11.2. The molecule has 0 spiro atoms. The number of ether oxygens (including phenoxy) is 1.